The average molecular weight is 982 g/mol. The van der Waals surface area contributed by atoms with E-state index in [0.717, 1.165) is 0 Å². The maximum Gasteiger partial charge on any atom is 0.373 e. The molecule has 0 saturated heterocycles. The lowest BCUT2D eigenvalue weighted by Crippen LogP contribution is -2.59. The SMILES string of the molecule is CC(C)OC(=O)C(C(C)C)N(C(C)C)C(C)C.CC(C)OC(=O)C(C(C)C)N(C1CCC1)C1CCC1.CC(C)OC(=O)C(C(C)C)N(Cc1ccccc1)Cc1ccccc1.O=C=O.O=C=O.O=C=O. The van der Waals surface area contributed by atoms with Crippen molar-refractivity contribution in [2.75, 3.05) is 0 Å². The van der Waals surface area contributed by atoms with Crippen LogP contribution in [0.2, 0.25) is 0 Å². The molecule has 0 aromatic heterocycles. The summed E-state index contributed by atoms with van der Waals surface area (Å²) in [4.78, 5) is 93.1. The fourth-order valence-corrected chi connectivity index (χ4v) is 8.47. The van der Waals surface area contributed by atoms with E-state index in [1.165, 1.54) is 49.7 Å². The molecule has 0 spiro atoms. The Bertz CT molecular complexity index is 1720. The zero-order valence-electron chi connectivity index (χ0n) is 45.2. The van der Waals surface area contributed by atoms with Crippen molar-refractivity contribution in [3.63, 3.8) is 0 Å². The highest BCUT2D eigenvalue weighted by Gasteiger charge is 2.43. The molecular formula is C55H87N3O12. The molecular weight excluding hydrogens is 895 g/mol. The minimum absolute atomic E-state index is 0.0104. The summed E-state index contributed by atoms with van der Waals surface area (Å²) in [6.45, 7) is 34.0. The zero-order chi connectivity index (χ0) is 54.1. The molecule has 0 radical (unpaired) electrons. The van der Waals surface area contributed by atoms with Crippen LogP contribution in [0, 0.1) is 17.8 Å². The van der Waals surface area contributed by atoms with Crippen molar-refractivity contribution in [1.82, 2.24) is 14.7 Å². The van der Waals surface area contributed by atoms with Crippen LogP contribution in [0.25, 0.3) is 0 Å². The van der Waals surface area contributed by atoms with E-state index >= 15 is 0 Å². The fraction of sp³-hybridized carbons (Fsp3) is 0.673. The molecule has 0 heterocycles. The zero-order valence-corrected chi connectivity index (χ0v) is 45.2. The Kier molecular flexibility index (Phi) is 36.0. The lowest BCUT2D eigenvalue weighted by atomic mass is 9.81. The molecule has 0 bridgehead atoms. The second-order valence-corrected chi connectivity index (χ2v) is 19.9. The molecule has 2 aliphatic rings. The molecule has 0 aliphatic heterocycles. The smallest absolute Gasteiger partial charge is 0.373 e. The summed E-state index contributed by atoms with van der Waals surface area (Å²) in [5, 5.41) is 0. The van der Waals surface area contributed by atoms with Crippen molar-refractivity contribution >= 4 is 36.4 Å². The number of hydrogen-bond donors (Lipinski definition) is 0. The van der Waals surface area contributed by atoms with Crippen molar-refractivity contribution in [1.29, 1.82) is 0 Å². The first-order valence-electron chi connectivity index (χ1n) is 24.9. The molecule has 2 aliphatic carbocycles. The maximum atomic E-state index is 12.8. The molecule has 15 nitrogen and oxygen atoms in total. The summed E-state index contributed by atoms with van der Waals surface area (Å²) in [5.41, 5.74) is 2.39. The van der Waals surface area contributed by atoms with Crippen LogP contribution in [0.3, 0.4) is 0 Å². The summed E-state index contributed by atoms with van der Waals surface area (Å²) in [6, 6.07) is 22.0. The number of benzene rings is 2. The molecule has 3 unspecified atom stereocenters. The van der Waals surface area contributed by atoms with Crippen molar-refractivity contribution in [3.05, 3.63) is 71.8 Å². The molecule has 2 aromatic carbocycles. The third kappa shape index (κ3) is 26.7. The van der Waals surface area contributed by atoms with Crippen molar-refractivity contribution in [3.8, 4) is 0 Å². The van der Waals surface area contributed by atoms with Crippen LogP contribution in [0.4, 0.5) is 0 Å². The summed E-state index contributed by atoms with van der Waals surface area (Å²) in [6.07, 6.45) is 8.25. The number of nitrogens with zero attached hydrogens (tertiary/aromatic N) is 3. The average Bonchev–Trinajstić information content (AvgIpc) is 3.19. The number of carbonyl (C=O) groups excluding carboxylic acids is 9. The Hall–Kier alpha value is -5.13. The minimum atomic E-state index is -0.275. The number of ether oxygens (including phenoxy) is 3. The molecule has 2 fully saturated rings. The first-order valence-corrected chi connectivity index (χ1v) is 24.9. The van der Waals surface area contributed by atoms with Gasteiger partial charge in [-0.15, -0.1) is 0 Å². The molecule has 0 N–H and O–H groups in total. The van der Waals surface area contributed by atoms with Gasteiger partial charge in [-0.05, 0) is 124 Å². The number of rotatable bonds is 20. The van der Waals surface area contributed by atoms with Gasteiger partial charge in [0, 0.05) is 37.3 Å². The molecule has 15 heteroatoms. The van der Waals surface area contributed by atoms with E-state index in [4.69, 9.17) is 43.0 Å². The van der Waals surface area contributed by atoms with E-state index in [0.29, 0.717) is 43.2 Å². The van der Waals surface area contributed by atoms with E-state index in [1.54, 1.807) is 0 Å². The lowest BCUT2D eigenvalue weighted by Gasteiger charge is -2.50. The standard InChI is InChI=1S/C22H29NO2.C16H29NO2.C14H29NO2.3CO2/c1-17(2)21(22(24)25-18(3)4)23(15-19-11-7-5-8-12-19)16-20-13-9-6-10-14-20;1-11(2)15(16(18)19-12(3)4)17(13-7-5-8-13)14-9-6-10-14;1-9(2)13(14(16)17-12(7)8)15(10(3)4)11(5)6;3*2-1-3/h5-14,17-18,21H,15-16H2,1-4H3;11-15H,5-10H2,1-4H3;9-13H,1-8H3;;;. The lowest BCUT2D eigenvalue weighted by molar-refractivity contribution is -0.193. The predicted octanol–water partition coefficient (Wildman–Crippen LogP) is 9.37. The normalized spacial score (nSPS) is 14.4. The van der Waals surface area contributed by atoms with Gasteiger partial charge >= 0.3 is 36.4 Å². The van der Waals surface area contributed by atoms with Crippen LogP contribution in [-0.2, 0) is 70.5 Å². The van der Waals surface area contributed by atoms with Crippen molar-refractivity contribution in [2.24, 2.45) is 17.8 Å². The Morgan fingerprint density at radius 1 is 0.457 bits per heavy atom. The van der Waals surface area contributed by atoms with E-state index in [-0.39, 0.29) is 84.6 Å². The van der Waals surface area contributed by atoms with Gasteiger partial charge in [-0.3, -0.25) is 29.1 Å². The van der Waals surface area contributed by atoms with Crippen LogP contribution in [-0.4, -0.2) is 112 Å². The molecule has 70 heavy (non-hydrogen) atoms. The molecule has 0 amide bonds. The summed E-state index contributed by atoms with van der Waals surface area (Å²) in [5.74, 6) is 0.496. The first kappa shape index (κ1) is 67.0. The van der Waals surface area contributed by atoms with Gasteiger partial charge in [-0.2, -0.15) is 28.8 Å². The van der Waals surface area contributed by atoms with Crippen molar-refractivity contribution in [2.45, 2.75) is 223 Å². The largest absolute Gasteiger partial charge is 0.462 e. The Balaban J connectivity index is 0. The van der Waals surface area contributed by atoms with Gasteiger partial charge in [0.15, 0.2) is 0 Å². The highest BCUT2D eigenvalue weighted by Crippen LogP contribution is 2.37. The monoisotopic (exact) mass is 982 g/mol. The summed E-state index contributed by atoms with van der Waals surface area (Å²) < 4.78 is 16.4. The van der Waals surface area contributed by atoms with Gasteiger partial charge in [0.25, 0.3) is 0 Å². The third-order valence-electron chi connectivity index (χ3n) is 11.4. The molecule has 3 atom stereocenters. The van der Waals surface area contributed by atoms with E-state index in [1.807, 2.05) is 77.9 Å². The summed E-state index contributed by atoms with van der Waals surface area (Å²) >= 11 is 0. The number of esters is 3. The quantitative estimate of drug-likeness (QED) is 0.0900. The van der Waals surface area contributed by atoms with Crippen LogP contribution < -0.4 is 0 Å². The van der Waals surface area contributed by atoms with E-state index in [2.05, 4.69) is 108 Å². The second kappa shape index (κ2) is 37.7. The Morgan fingerprint density at radius 2 is 0.729 bits per heavy atom. The van der Waals surface area contributed by atoms with Gasteiger partial charge in [0.2, 0.25) is 0 Å². The van der Waals surface area contributed by atoms with Gasteiger partial charge in [-0.1, -0.05) is 115 Å². The van der Waals surface area contributed by atoms with E-state index < -0.39 is 0 Å². The highest BCUT2D eigenvalue weighted by atomic mass is 16.6. The van der Waals surface area contributed by atoms with Gasteiger partial charge in [0.05, 0.1) is 18.3 Å². The van der Waals surface area contributed by atoms with Gasteiger partial charge in [0.1, 0.15) is 18.1 Å². The minimum Gasteiger partial charge on any atom is -0.462 e. The molecule has 4 rings (SSSR count). The Labute approximate surface area is 419 Å². The van der Waals surface area contributed by atoms with Crippen LogP contribution in [0.5, 0.6) is 0 Å². The topological polar surface area (TPSA) is 191 Å². The predicted molar refractivity (Wildman–Crippen MR) is 266 cm³/mol. The highest BCUT2D eigenvalue weighted by molar-refractivity contribution is 5.77. The van der Waals surface area contributed by atoms with Gasteiger partial charge in [-0.25, -0.2) is 0 Å². The Morgan fingerprint density at radius 3 is 0.957 bits per heavy atom. The van der Waals surface area contributed by atoms with Gasteiger partial charge < -0.3 is 14.2 Å². The molecule has 2 saturated carbocycles. The number of hydrogen-bond acceptors (Lipinski definition) is 15. The van der Waals surface area contributed by atoms with Crippen LogP contribution in [0.15, 0.2) is 60.7 Å². The van der Waals surface area contributed by atoms with E-state index in [9.17, 15) is 14.4 Å². The second-order valence-electron chi connectivity index (χ2n) is 19.9. The first-order chi connectivity index (χ1) is 32.9. The molecule has 394 valence electrons. The number of carbonyl (C=O) groups is 3. The summed E-state index contributed by atoms with van der Waals surface area (Å²) in [7, 11) is 0. The van der Waals surface area contributed by atoms with Crippen LogP contribution in [0.1, 0.15) is 160 Å². The van der Waals surface area contributed by atoms with Crippen molar-refractivity contribution < 1.29 is 57.4 Å². The third-order valence-corrected chi connectivity index (χ3v) is 11.4. The fourth-order valence-electron chi connectivity index (χ4n) is 8.47. The maximum absolute atomic E-state index is 12.8. The molecule has 2 aromatic rings. The van der Waals surface area contributed by atoms with Crippen LogP contribution >= 0.6 is 0 Å².